The van der Waals surface area contributed by atoms with Crippen molar-refractivity contribution in [1.82, 2.24) is 10.7 Å². The van der Waals surface area contributed by atoms with Crippen LogP contribution in [0.5, 0.6) is 11.5 Å². The van der Waals surface area contributed by atoms with Gasteiger partial charge in [0.15, 0.2) is 11.5 Å². The Morgan fingerprint density at radius 1 is 1.27 bits per heavy atom. The van der Waals surface area contributed by atoms with Gasteiger partial charge in [0.05, 0.1) is 30.9 Å². The minimum absolute atomic E-state index is 0.0251. The maximum Gasteiger partial charge on any atom is 0.329 e. The fourth-order valence-electron chi connectivity index (χ4n) is 1.65. The van der Waals surface area contributed by atoms with E-state index in [-0.39, 0.29) is 29.7 Å². The highest BCUT2D eigenvalue weighted by atomic mass is 35.5. The number of carboxylic acids is 1. The number of nitrogens with one attached hydrogen (secondary N) is 2. The lowest BCUT2D eigenvalue weighted by Gasteiger charge is -2.13. The van der Waals surface area contributed by atoms with E-state index in [1.807, 2.05) is 5.43 Å². The summed E-state index contributed by atoms with van der Waals surface area (Å²) in [6.07, 6.45) is 1.22. The van der Waals surface area contributed by atoms with Gasteiger partial charge in [-0.3, -0.25) is 9.59 Å². The number of amides is 2. The van der Waals surface area contributed by atoms with E-state index in [9.17, 15) is 19.5 Å². The summed E-state index contributed by atoms with van der Waals surface area (Å²) in [5.74, 6) is -3.05. The fraction of sp³-hybridized carbons (Fsp3) is 0.333. The van der Waals surface area contributed by atoms with E-state index in [4.69, 9.17) is 25.8 Å². The van der Waals surface area contributed by atoms with Crippen LogP contribution in [0.4, 0.5) is 0 Å². The third-order valence-corrected chi connectivity index (χ3v) is 3.04. The first-order valence-corrected chi connectivity index (χ1v) is 7.57. The predicted molar refractivity (Wildman–Crippen MR) is 89.1 cm³/mol. The molecule has 1 aromatic rings. The third-order valence-electron chi connectivity index (χ3n) is 2.76. The number of aliphatic carboxylic acids is 1. The number of carbonyl (C=O) groups is 3. The molecule has 0 aliphatic heterocycles. The van der Waals surface area contributed by atoms with Crippen molar-refractivity contribution in [2.45, 2.75) is 0 Å². The van der Waals surface area contributed by atoms with Gasteiger partial charge in [0.1, 0.15) is 6.61 Å². The first-order valence-electron chi connectivity index (χ1n) is 7.19. The normalized spacial score (nSPS) is 10.4. The van der Waals surface area contributed by atoms with Crippen LogP contribution in [0.1, 0.15) is 5.56 Å². The van der Waals surface area contributed by atoms with Gasteiger partial charge in [0.25, 0.3) is 0 Å². The Bertz CT molecular complexity index is 694. The molecule has 10 nitrogen and oxygen atoms in total. The molecular weight excluding hydrogens is 370 g/mol. The quantitative estimate of drug-likeness (QED) is 0.232. The van der Waals surface area contributed by atoms with Gasteiger partial charge in [-0.1, -0.05) is 11.6 Å². The van der Waals surface area contributed by atoms with E-state index in [1.54, 1.807) is 0 Å². The molecule has 26 heavy (non-hydrogen) atoms. The summed E-state index contributed by atoms with van der Waals surface area (Å²) >= 11 is 6.02. The van der Waals surface area contributed by atoms with Gasteiger partial charge in [-0.15, -0.1) is 0 Å². The molecular formula is C15H17ClN3O7-. The van der Waals surface area contributed by atoms with Crippen LogP contribution in [0, 0.1) is 0 Å². The molecule has 11 heteroatoms. The number of hydrazone groups is 1. The summed E-state index contributed by atoms with van der Waals surface area (Å²) in [7, 11) is 2.80. The molecule has 0 saturated carbocycles. The molecule has 0 fully saturated rings. The minimum atomic E-state index is -1.42. The topological polar surface area (TPSA) is 138 Å². The number of benzene rings is 1. The van der Waals surface area contributed by atoms with Crippen molar-refractivity contribution in [3.63, 3.8) is 0 Å². The lowest BCUT2D eigenvalue weighted by atomic mass is 10.2. The predicted octanol–water partition coefficient (Wildman–Crippen LogP) is -1.31. The van der Waals surface area contributed by atoms with Gasteiger partial charge >= 0.3 is 11.8 Å². The fourth-order valence-corrected chi connectivity index (χ4v) is 1.92. The number of nitrogens with zero attached hydrogens (tertiary/aromatic N) is 1. The standard InChI is InChI=1S/C15H18ClN3O7/c1-24-4-3-17-14(22)15(23)19-18-7-9-5-10(16)13(11(6-9)25-2)26-8-12(20)21/h5-7H,3-4,8H2,1-2H3,(H,17,22)(H,19,23)(H,20,21)/p-1/b18-7-. The Morgan fingerprint density at radius 3 is 2.62 bits per heavy atom. The zero-order valence-electron chi connectivity index (χ0n) is 14.0. The van der Waals surface area contributed by atoms with Crippen LogP contribution in [0.25, 0.3) is 0 Å². The van der Waals surface area contributed by atoms with Gasteiger partial charge < -0.3 is 29.4 Å². The maximum atomic E-state index is 11.5. The highest BCUT2D eigenvalue weighted by Gasteiger charge is 2.13. The highest BCUT2D eigenvalue weighted by Crippen LogP contribution is 2.35. The molecule has 0 saturated heterocycles. The van der Waals surface area contributed by atoms with Crippen molar-refractivity contribution in [3.05, 3.63) is 22.7 Å². The molecule has 2 amide bonds. The van der Waals surface area contributed by atoms with E-state index in [0.29, 0.717) is 5.56 Å². The van der Waals surface area contributed by atoms with Crippen molar-refractivity contribution in [2.24, 2.45) is 5.10 Å². The van der Waals surface area contributed by atoms with Crippen LogP contribution >= 0.6 is 11.6 Å². The molecule has 1 aromatic carbocycles. The monoisotopic (exact) mass is 386 g/mol. The van der Waals surface area contributed by atoms with Crippen molar-refractivity contribution < 1.29 is 33.7 Å². The number of hydrogen-bond acceptors (Lipinski definition) is 8. The van der Waals surface area contributed by atoms with Crippen LogP contribution in [0.15, 0.2) is 17.2 Å². The van der Waals surface area contributed by atoms with Gasteiger partial charge in [-0.2, -0.15) is 5.10 Å². The lowest BCUT2D eigenvalue weighted by Crippen LogP contribution is -2.39. The van der Waals surface area contributed by atoms with E-state index in [0.717, 1.165) is 0 Å². The second-order valence-corrected chi connectivity index (χ2v) is 5.05. The molecule has 1 rings (SSSR count). The average Bonchev–Trinajstić information content (AvgIpc) is 2.60. The molecule has 0 unspecified atom stereocenters. The molecule has 0 radical (unpaired) electrons. The van der Waals surface area contributed by atoms with E-state index in [1.165, 1.54) is 32.6 Å². The Hall–Kier alpha value is -2.85. The van der Waals surface area contributed by atoms with Gasteiger partial charge in [-0.05, 0) is 17.7 Å². The third kappa shape index (κ3) is 6.95. The SMILES string of the molecule is COCCNC(=O)C(=O)N/N=C\c1cc(Cl)c(OCC(=O)[O-])c(OC)c1. The summed E-state index contributed by atoms with van der Waals surface area (Å²) in [5.41, 5.74) is 2.46. The number of halogens is 1. The van der Waals surface area contributed by atoms with Gasteiger partial charge in [0.2, 0.25) is 0 Å². The summed E-state index contributed by atoms with van der Waals surface area (Å²) in [5, 5.41) is 16.5. The van der Waals surface area contributed by atoms with Crippen LogP contribution in [0.2, 0.25) is 5.02 Å². The Kier molecular flexibility index (Phi) is 8.88. The molecule has 142 valence electrons. The molecule has 0 aromatic heterocycles. The number of carbonyl (C=O) groups excluding carboxylic acids is 3. The Balaban J connectivity index is 2.73. The second-order valence-electron chi connectivity index (χ2n) is 4.64. The van der Waals surface area contributed by atoms with Crippen molar-refractivity contribution in [1.29, 1.82) is 0 Å². The van der Waals surface area contributed by atoms with E-state index >= 15 is 0 Å². The average molecular weight is 387 g/mol. The first kappa shape index (κ1) is 21.2. The largest absolute Gasteiger partial charge is 0.546 e. The Morgan fingerprint density at radius 2 is 2.00 bits per heavy atom. The van der Waals surface area contributed by atoms with Crippen LogP contribution in [-0.4, -0.2) is 58.0 Å². The maximum absolute atomic E-state index is 11.5. The summed E-state index contributed by atoms with van der Waals surface area (Å²) in [6, 6.07) is 2.85. The summed E-state index contributed by atoms with van der Waals surface area (Å²) in [6.45, 7) is -0.239. The van der Waals surface area contributed by atoms with E-state index in [2.05, 4.69) is 10.4 Å². The van der Waals surface area contributed by atoms with Crippen molar-refractivity contribution in [2.75, 3.05) is 34.0 Å². The van der Waals surface area contributed by atoms with E-state index < -0.39 is 24.4 Å². The molecule has 0 aliphatic carbocycles. The number of methoxy groups -OCH3 is 2. The molecule has 0 heterocycles. The van der Waals surface area contributed by atoms with Crippen LogP contribution < -0.4 is 25.3 Å². The number of ether oxygens (including phenoxy) is 3. The van der Waals surface area contributed by atoms with Crippen molar-refractivity contribution >= 4 is 35.6 Å². The molecule has 0 bridgehead atoms. The number of hydrogen-bond donors (Lipinski definition) is 2. The van der Waals surface area contributed by atoms with Crippen LogP contribution in [-0.2, 0) is 19.1 Å². The number of carboxylic acid groups (broad SMARTS) is 1. The first-order chi connectivity index (χ1) is 12.4. The summed E-state index contributed by atoms with van der Waals surface area (Å²) in [4.78, 5) is 33.4. The highest BCUT2D eigenvalue weighted by molar-refractivity contribution is 6.35. The lowest BCUT2D eigenvalue weighted by molar-refractivity contribution is -0.307. The van der Waals surface area contributed by atoms with Gasteiger partial charge in [0, 0.05) is 13.7 Å². The van der Waals surface area contributed by atoms with Crippen LogP contribution in [0.3, 0.4) is 0 Å². The number of rotatable bonds is 9. The molecule has 0 spiro atoms. The zero-order chi connectivity index (χ0) is 19.5. The minimum Gasteiger partial charge on any atom is -0.546 e. The Labute approximate surface area is 154 Å². The molecule has 0 atom stereocenters. The second kappa shape index (κ2) is 10.9. The smallest absolute Gasteiger partial charge is 0.329 e. The zero-order valence-corrected chi connectivity index (χ0v) is 14.8. The molecule has 0 aliphatic rings. The van der Waals surface area contributed by atoms with Gasteiger partial charge in [-0.25, -0.2) is 5.43 Å². The summed E-state index contributed by atoms with van der Waals surface area (Å²) < 4.78 is 14.8. The molecule has 2 N–H and O–H groups in total. The van der Waals surface area contributed by atoms with Crippen molar-refractivity contribution in [3.8, 4) is 11.5 Å².